The van der Waals surface area contributed by atoms with Crippen molar-refractivity contribution < 1.29 is 13.6 Å². The first-order valence-electron chi connectivity index (χ1n) is 9.64. The van der Waals surface area contributed by atoms with Crippen molar-refractivity contribution in [3.8, 4) is 0 Å². The summed E-state index contributed by atoms with van der Waals surface area (Å²) in [4.78, 5) is 24.8. The molecule has 0 unspecified atom stereocenters. The quantitative estimate of drug-likeness (QED) is 0.637. The number of hydrogen-bond acceptors (Lipinski definition) is 5. The lowest BCUT2D eigenvalue weighted by molar-refractivity contribution is -0.120. The van der Waals surface area contributed by atoms with Crippen LogP contribution in [0, 0.1) is 17.6 Å². The van der Waals surface area contributed by atoms with E-state index in [0.29, 0.717) is 13.0 Å². The van der Waals surface area contributed by atoms with E-state index in [-0.39, 0.29) is 17.5 Å². The van der Waals surface area contributed by atoms with Gasteiger partial charge < -0.3 is 10.2 Å². The van der Waals surface area contributed by atoms with Crippen LogP contribution in [-0.2, 0) is 4.79 Å². The number of carbonyl (C=O) groups excluding carboxylic acids is 1. The second kappa shape index (κ2) is 9.21. The highest BCUT2D eigenvalue weighted by Gasteiger charge is 2.28. The molecule has 154 valence electrons. The monoisotopic (exact) mass is 426 g/mol. The zero-order chi connectivity index (χ0) is 20.9. The number of amides is 1. The fourth-order valence-electron chi connectivity index (χ4n) is 3.46. The van der Waals surface area contributed by atoms with Crippen LogP contribution in [-0.4, -0.2) is 29.0 Å². The first-order chi connectivity index (χ1) is 14.6. The molecule has 0 bridgehead atoms. The molecule has 0 radical (unpaired) electrons. The first-order valence-corrected chi connectivity index (χ1v) is 10.5. The Kier molecular flexibility index (Phi) is 6.23. The predicted molar refractivity (Wildman–Crippen MR) is 113 cm³/mol. The van der Waals surface area contributed by atoms with Crippen molar-refractivity contribution in [3.05, 3.63) is 72.6 Å². The third kappa shape index (κ3) is 4.94. The first kappa shape index (κ1) is 20.3. The summed E-state index contributed by atoms with van der Waals surface area (Å²) in [7, 11) is 0. The van der Waals surface area contributed by atoms with Crippen molar-refractivity contribution in [2.24, 2.45) is 5.92 Å². The number of hydrogen-bond donors (Lipinski definition) is 1. The fourth-order valence-corrected chi connectivity index (χ4v) is 4.36. The predicted octanol–water partition coefficient (Wildman–Crippen LogP) is 4.76. The summed E-state index contributed by atoms with van der Waals surface area (Å²) in [5.41, 5.74) is 0.120. The summed E-state index contributed by atoms with van der Waals surface area (Å²) in [6.45, 7) is 1.23. The van der Waals surface area contributed by atoms with E-state index in [0.717, 1.165) is 46.9 Å². The van der Waals surface area contributed by atoms with Crippen LogP contribution in [0.5, 0.6) is 0 Å². The normalized spacial score (nSPS) is 16.3. The minimum atomic E-state index is -0.724. The maximum Gasteiger partial charge on any atom is 0.229 e. The number of aromatic nitrogens is 2. The zero-order valence-electron chi connectivity index (χ0n) is 16.1. The Morgan fingerprint density at radius 3 is 2.57 bits per heavy atom. The zero-order valence-corrected chi connectivity index (χ0v) is 16.9. The Hall–Kier alpha value is -3.00. The molecule has 3 aromatic rings. The van der Waals surface area contributed by atoms with E-state index in [1.165, 1.54) is 11.8 Å². The molecule has 4 rings (SSSR count). The second-order valence-corrected chi connectivity index (χ2v) is 8.09. The van der Waals surface area contributed by atoms with Crippen LogP contribution >= 0.6 is 11.8 Å². The molecule has 1 aliphatic heterocycles. The Balaban J connectivity index is 1.48. The molecule has 1 aliphatic rings. The van der Waals surface area contributed by atoms with Gasteiger partial charge >= 0.3 is 0 Å². The number of carbonyl (C=O) groups is 1. The van der Waals surface area contributed by atoms with E-state index in [9.17, 15) is 13.6 Å². The number of halogens is 2. The molecule has 1 fully saturated rings. The number of nitrogens with one attached hydrogen (secondary N) is 1. The highest BCUT2D eigenvalue weighted by Crippen LogP contribution is 2.34. The van der Waals surface area contributed by atoms with Crippen LogP contribution < -0.4 is 10.2 Å². The van der Waals surface area contributed by atoms with Gasteiger partial charge in [0.1, 0.15) is 16.7 Å². The van der Waals surface area contributed by atoms with E-state index in [4.69, 9.17) is 0 Å². The van der Waals surface area contributed by atoms with Crippen LogP contribution in [0.25, 0.3) is 0 Å². The van der Waals surface area contributed by atoms with Crippen molar-refractivity contribution in [1.29, 1.82) is 0 Å². The molecule has 1 saturated heterocycles. The van der Waals surface area contributed by atoms with Gasteiger partial charge in [-0.2, -0.15) is 0 Å². The molecule has 1 atom stereocenters. The molecular weight excluding hydrogens is 406 g/mol. The molecular formula is C22H20F2N4OS. The average molecular weight is 426 g/mol. The molecule has 2 heterocycles. The van der Waals surface area contributed by atoms with Crippen LogP contribution in [0.15, 0.2) is 70.8 Å². The topological polar surface area (TPSA) is 58.1 Å². The third-order valence-corrected chi connectivity index (χ3v) is 5.82. The molecule has 8 heteroatoms. The molecule has 2 aromatic carbocycles. The number of nitrogens with zero attached hydrogens (tertiary/aromatic N) is 3. The van der Waals surface area contributed by atoms with Gasteiger partial charge in [0, 0.05) is 42.1 Å². The van der Waals surface area contributed by atoms with E-state index < -0.39 is 11.6 Å². The van der Waals surface area contributed by atoms with Crippen LogP contribution in [0.2, 0.25) is 0 Å². The summed E-state index contributed by atoms with van der Waals surface area (Å²) < 4.78 is 26.8. The van der Waals surface area contributed by atoms with E-state index in [1.807, 2.05) is 30.3 Å². The van der Waals surface area contributed by atoms with E-state index in [1.54, 1.807) is 12.4 Å². The number of anilines is 2. The Labute approximate surface area is 177 Å². The van der Waals surface area contributed by atoms with E-state index in [2.05, 4.69) is 20.2 Å². The maximum absolute atomic E-state index is 13.4. The van der Waals surface area contributed by atoms with Crippen molar-refractivity contribution >= 4 is 29.2 Å². The average Bonchev–Trinajstić information content (AvgIpc) is 2.74. The SMILES string of the molecule is O=C(Nc1cc(F)cc(F)c1)[C@H]1CCCN(c2nccnc2Sc2ccccc2)C1. The molecule has 5 nitrogen and oxygen atoms in total. The highest BCUT2D eigenvalue weighted by molar-refractivity contribution is 7.99. The van der Waals surface area contributed by atoms with E-state index >= 15 is 0 Å². The molecule has 0 spiro atoms. The minimum Gasteiger partial charge on any atom is -0.354 e. The number of rotatable bonds is 5. The third-order valence-electron chi connectivity index (χ3n) is 4.83. The molecule has 0 saturated carbocycles. The van der Waals surface area contributed by atoms with Crippen molar-refractivity contribution in [3.63, 3.8) is 0 Å². The van der Waals surface area contributed by atoms with Gasteiger partial charge in [0.05, 0.1) is 5.92 Å². The van der Waals surface area contributed by atoms with Gasteiger partial charge in [-0.15, -0.1) is 0 Å². The second-order valence-electron chi connectivity index (χ2n) is 7.03. The minimum absolute atomic E-state index is 0.120. The summed E-state index contributed by atoms with van der Waals surface area (Å²) in [5, 5.41) is 3.41. The lowest BCUT2D eigenvalue weighted by atomic mass is 9.97. The summed E-state index contributed by atoms with van der Waals surface area (Å²) in [6.07, 6.45) is 4.80. The number of benzene rings is 2. The van der Waals surface area contributed by atoms with Gasteiger partial charge in [0.25, 0.3) is 0 Å². The Morgan fingerprint density at radius 1 is 1.07 bits per heavy atom. The highest BCUT2D eigenvalue weighted by atomic mass is 32.2. The van der Waals surface area contributed by atoms with Crippen LogP contribution in [0.4, 0.5) is 20.3 Å². The van der Waals surface area contributed by atoms with Crippen LogP contribution in [0.3, 0.4) is 0 Å². The van der Waals surface area contributed by atoms with Gasteiger partial charge in [-0.05, 0) is 37.1 Å². The molecule has 1 N–H and O–H groups in total. The van der Waals surface area contributed by atoms with Crippen molar-refractivity contribution in [2.45, 2.75) is 22.8 Å². The summed E-state index contributed by atoms with van der Waals surface area (Å²) in [6, 6.07) is 12.9. The lowest BCUT2D eigenvalue weighted by Gasteiger charge is -2.33. The molecule has 30 heavy (non-hydrogen) atoms. The standard InChI is InChI=1S/C22H20F2N4OS/c23-16-11-17(24)13-18(12-16)27-21(29)15-5-4-10-28(14-15)20-22(26-9-8-25-20)30-19-6-2-1-3-7-19/h1-3,6-9,11-13,15H,4-5,10,14H2,(H,27,29)/t15-/m0/s1. The van der Waals surface area contributed by atoms with Gasteiger partial charge in [0.15, 0.2) is 5.82 Å². The molecule has 0 aliphatic carbocycles. The van der Waals surface area contributed by atoms with Gasteiger partial charge in [-0.3, -0.25) is 4.79 Å². The van der Waals surface area contributed by atoms with Crippen LogP contribution in [0.1, 0.15) is 12.8 Å². The summed E-state index contributed by atoms with van der Waals surface area (Å²) in [5.74, 6) is -1.29. The molecule has 1 aromatic heterocycles. The number of piperidine rings is 1. The van der Waals surface area contributed by atoms with Gasteiger partial charge in [-0.25, -0.2) is 18.7 Å². The summed E-state index contributed by atoms with van der Waals surface area (Å²) >= 11 is 1.52. The molecule has 1 amide bonds. The van der Waals surface area contributed by atoms with Crippen molar-refractivity contribution in [1.82, 2.24) is 9.97 Å². The lowest BCUT2D eigenvalue weighted by Crippen LogP contribution is -2.41. The smallest absolute Gasteiger partial charge is 0.229 e. The van der Waals surface area contributed by atoms with Gasteiger partial charge in [-0.1, -0.05) is 30.0 Å². The van der Waals surface area contributed by atoms with Gasteiger partial charge in [0.2, 0.25) is 5.91 Å². The largest absolute Gasteiger partial charge is 0.354 e. The van der Waals surface area contributed by atoms with Crippen molar-refractivity contribution in [2.75, 3.05) is 23.3 Å². The maximum atomic E-state index is 13.4. The fraction of sp³-hybridized carbons (Fsp3) is 0.227. The Bertz CT molecular complexity index is 1010. The Morgan fingerprint density at radius 2 is 1.80 bits per heavy atom.